The summed E-state index contributed by atoms with van der Waals surface area (Å²) in [4.78, 5) is 0. The van der Waals surface area contributed by atoms with E-state index in [1.54, 1.807) is 0 Å². The lowest BCUT2D eigenvalue weighted by Gasteiger charge is -2.17. The van der Waals surface area contributed by atoms with Crippen molar-refractivity contribution in [2.75, 3.05) is 13.1 Å². The number of hydrogen-bond donors (Lipinski definition) is 2. The molecule has 4 heteroatoms. The van der Waals surface area contributed by atoms with Crippen molar-refractivity contribution in [3.63, 3.8) is 0 Å². The summed E-state index contributed by atoms with van der Waals surface area (Å²) in [5.74, 6) is 0. The molecule has 0 spiro atoms. The summed E-state index contributed by atoms with van der Waals surface area (Å²) in [6.07, 6.45) is 6.78. The highest BCUT2D eigenvalue weighted by atomic mass is 16.5. The molecule has 0 bridgehead atoms. The van der Waals surface area contributed by atoms with Crippen LogP contribution in [0, 0.1) is 0 Å². The van der Waals surface area contributed by atoms with Crippen LogP contribution < -0.4 is 11.5 Å². The van der Waals surface area contributed by atoms with Gasteiger partial charge in [-0.2, -0.15) is 0 Å². The van der Waals surface area contributed by atoms with Gasteiger partial charge in [0.05, 0.1) is 24.4 Å². The molecule has 0 aliphatic carbocycles. The van der Waals surface area contributed by atoms with E-state index in [0.29, 0.717) is 25.3 Å². The molecule has 2 fully saturated rings. The van der Waals surface area contributed by atoms with Gasteiger partial charge in [-0.15, -0.1) is 0 Å². The summed E-state index contributed by atoms with van der Waals surface area (Å²) in [5, 5.41) is 0. The molecule has 4 atom stereocenters. The Labute approximate surface area is 91.3 Å². The van der Waals surface area contributed by atoms with E-state index in [9.17, 15) is 0 Å². The van der Waals surface area contributed by atoms with Crippen LogP contribution in [-0.2, 0) is 9.47 Å². The molecule has 4 nitrogen and oxygen atoms in total. The quantitative estimate of drug-likeness (QED) is 0.710. The maximum absolute atomic E-state index is 5.81. The lowest BCUT2D eigenvalue weighted by atomic mass is 10.1. The molecule has 2 heterocycles. The van der Waals surface area contributed by atoms with Gasteiger partial charge in [0.15, 0.2) is 0 Å². The van der Waals surface area contributed by atoms with E-state index in [4.69, 9.17) is 20.9 Å². The highest BCUT2D eigenvalue weighted by Crippen LogP contribution is 2.28. The van der Waals surface area contributed by atoms with E-state index in [2.05, 4.69) is 0 Å². The second kappa shape index (κ2) is 5.25. The third-order valence-corrected chi connectivity index (χ3v) is 3.44. The first kappa shape index (κ1) is 11.3. The zero-order valence-electron chi connectivity index (χ0n) is 9.23. The van der Waals surface area contributed by atoms with Gasteiger partial charge in [-0.3, -0.25) is 0 Å². The van der Waals surface area contributed by atoms with Gasteiger partial charge in [0.25, 0.3) is 0 Å². The van der Waals surface area contributed by atoms with Crippen LogP contribution in [0.1, 0.15) is 32.1 Å². The third-order valence-electron chi connectivity index (χ3n) is 3.44. The van der Waals surface area contributed by atoms with E-state index >= 15 is 0 Å². The zero-order valence-corrected chi connectivity index (χ0v) is 9.23. The molecule has 2 rings (SSSR count). The van der Waals surface area contributed by atoms with Gasteiger partial charge >= 0.3 is 0 Å². The molecule has 0 amide bonds. The first-order valence-corrected chi connectivity index (χ1v) is 6.03. The lowest BCUT2D eigenvalue weighted by Crippen LogP contribution is -2.24. The summed E-state index contributed by atoms with van der Waals surface area (Å²) < 4.78 is 11.6. The zero-order chi connectivity index (χ0) is 10.7. The minimum atomic E-state index is 0.279. The largest absolute Gasteiger partial charge is 0.374 e. The molecule has 0 radical (unpaired) electrons. The normalized spacial score (nSPS) is 41.2. The van der Waals surface area contributed by atoms with E-state index in [-0.39, 0.29) is 12.2 Å². The fourth-order valence-corrected chi connectivity index (χ4v) is 2.55. The average molecular weight is 214 g/mol. The molecule has 2 saturated heterocycles. The molecule has 15 heavy (non-hydrogen) atoms. The fourth-order valence-electron chi connectivity index (χ4n) is 2.55. The van der Waals surface area contributed by atoms with Gasteiger partial charge in [-0.05, 0) is 32.1 Å². The van der Waals surface area contributed by atoms with E-state index in [1.165, 1.54) is 0 Å². The predicted octanol–water partition coefficient (Wildman–Crippen LogP) is 0.389. The topological polar surface area (TPSA) is 70.5 Å². The first-order valence-electron chi connectivity index (χ1n) is 6.03. The van der Waals surface area contributed by atoms with Crippen molar-refractivity contribution in [2.45, 2.75) is 56.5 Å². The summed E-state index contributed by atoms with van der Waals surface area (Å²) >= 11 is 0. The molecule has 2 aliphatic rings. The van der Waals surface area contributed by atoms with Gasteiger partial charge < -0.3 is 20.9 Å². The SMILES string of the molecule is NCC1CCC(CC2CCC(CN)O2)O1. The second-order valence-electron chi connectivity index (χ2n) is 4.62. The van der Waals surface area contributed by atoms with Gasteiger partial charge in [0, 0.05) is 13.1 Å². The molecule has 88 valence electrons. The van der Waals surface area contributed by atoms with Crippen LogP contribution in [0.3, 0.4) is 0 Å². The minimum absolute atomic E-state index is 0.279. The maximum atomic E-state index is 5.81. The number of ether oxygens (including phenoxy) is 2. The van der Waals surface area contributed by atoms with Gasteiger partial charge in [0.1, 0.15) is 0 Å². The van der Waals surface area contributed by atoms with Crippen LogP contribution in [0.25, 0.3) is 0 Å². The first-order chi connectivity index (χ1) is 7.31. The standard InChI is InChI=1S/C11H22N2O2/c12-6-10-3-1-8(14-10)5-9-2-4-11(7-13)15-9/h8-11H,1-7,12-13H2. The number of nitrogens with two attached hydrogens (primary N) is 2. The van der Waals surface area contributed by atoms with Gasteiger partial charge in [-0.25, -0.2) is 0 Å². The molecular weight excluding hydrogens is 192 g/mol. The summed E-state index contributed by atoms with van der Waals surface area (Å²) in [6.45, 7) is 1.29. The molecule has 2 aliphatic heterocycles. The molecule has 4 unspecified atom stereocenters. The Kier molecular flexibility index (Phi) is 3.97. The Morgan fingerprint density at radius 2 is 1.13 bits per heavy atom. The van der Waals surface area contributed by atoms with Crippen LogP contribution in [0.15, 0.2) is 0 Å². The van der Waals surface area contributed by atoms with E-state index in [1.807, 2.05) is 0 Å². The van der Waals surface area contributed by atoms with E-state index in [0.717, 1.165) is 32.1 Å². The number of rotatable bonds is 4. The molecular formula is C11H22N2O2. The van der Waals surface area contributed by atoms with Crippen molar-refractivity contribution in [3.05, 3.63) is 0 Å². The van der Waals surface area contributed by atoms with Crippen LogP contribution in [0.4, 0.5) is 0 Å². The smallest absolute Gasteiger partial charge is 0.0702 e. The van der Waals surface area contributed by atoms with Crippen LogP contribution in [0.2, 0.25) is 0 Å². The summed E-state index contributed by atoms with van der Waals surface area (Å²) in [5.41, 5.74) is 11.1. The van der Waals surface area contributed by atoms with Crippen molar-refractivity contribution in [2.24, 2.45) is 11.5 Å². The Morgan fingerprint density at radius 1 is 0.733 bits per heavy atom. The maximum Gasteiger partial charge on any atom is 0.0702 e. The second-order valence-corrected chi connectivity index (χ2v) is 4.62. The molecule has 0 aromatic carbocycles. The summed E-state index contributed by atoms with van der Waals surface area (Å²) in [6, 6.07) is 0. The van der Waals surface area contributed by atoms with Crippen molar-refractivity contribution in [3.8, 4) is 0 Å². The average Bonchev–Trinajstić information content (AvgIpc) is 2.87. The van der Waals surface area contributed by atoms with Crippen LogP contribution in [-0.4, -0.2) is 37.5 Å². The lowest BCUT2D eigenvalue weighted by molar-refractivity contribution is -0.0108. The Bertz CT molecular complexity index is 181. The van der Waals surface area contributed by atoms with Crippen molar-refractivity contribution >= 4 is 0 Å². The van der Waals surface area contributed by atoms with E-state index < -0.39 is 0 Å². The fraction of sp³-hybridized carbons (Fsp3) is 1.00. The predicted molar refractivity (Wildman–Crippen MR) is 58.5 cm³/mol. The Morgan fingerprint density at radius 3 is 1.47 bits per heavy atom. The van der Waals surface area contributed by atoms with Crippen molar-refractivity contribution in [1.29, 1.82) is 0 Å². The Hall–Kier alpha value is -0.160. The minimum Gasteiger partial charge on any atom is -0.374 e. The molecule has 4 N–H and O–H groups in total. The van der Waals surface area contributed by atoms with Crippen molar-refractivity contribution < 1.29 is 9.47 Å². The van der Waals surface area contributed by atoms with Gasteiger partial charge in [-0.1, -0.05) is 0 Å². The van der Waals surface area contributed by atoms with Crippen LogP contribution >= 0.6 is 0 Å². The third kappa shape index (κ3) is 2.91. The van der Waals surface area contributed by atoms with Crippen LogP contribution in [0.5, 0.6) is 0 Å². The summed E-state index contributed by atoms with van der Waals surface area (Å²) in [7, 11) is 0. The van der Waals surface area contributed by atoms with Crippen molar-refractivity contribution in [1.82, 2.24) is 0 Å². The molecule has 0 aromatic rings. The molecule has 0 saturated carbocycles. The monoisotopic (exact) mass is 214 g/mol. The highest BCUT2D eigenvalue weighted by Gasteiger charge is 2.30. The molecule has 0 aromatic heterocycles. The number of hydrogen-bond acceptors (Lipinski definition) is 4. The highest BCUT2D eigenvalue weighted by molar-refractivity contribution is 4.81. The Balaban J connectivity index is 1.70. The van der Waals surface area contributed by atoms with Gasteiger partial charge in [0.2, 0.25) is 0 Å².